The monoisotopic (exact) mass is 463 g/mol. The summed E-state index contributed by atoms with van der Waals surface area (Å²) in [5.74, 6) is -0.251. The molecule has 2 aliphatic heterocycles. The summed E-state index contributed by atoms with van der Waals surface area (Å²) in [5, 5.41) is 80.9. The van der Waals surface area contributed by atoms with Crippen LogP contribution in [0.15, 0.2) is 24.3 Å². The third kappa shape index (κ3) is 4.84. The van der Waals surface area contributed by atoms with Gasteiger partial charge in [-0.15, -0.1) is 0 Å². The largest absolute Gasteiger partial charge is 0.455 e. The first-order valence-electron chi connectivity index (χ1n) is 9.68. The minimum atomic E-state index is -1.81. The van der Waals surface area contributed by atoms with Crippen molar-refractivity contribution in [3.05, 3.63) is 34.4 Å². The number of nitro groups is 1. The Bertz CT molecular complexity index is 777. The number of hydrogen-bond acceptors (Lipinski definition) is 13. The molecule has 0 bridgehead atoms. The molecule has 0 radical (unpaired) electrons. The standard InChI is InChI=1S/C18H25NO13/c20-5-9-11(22)12(23)14(25)18(30-9)32-16-10(6-21)31-17(15(26)13(16)24)29-8-4-2-1-3-7(8)19(27)28/h1-4,9-18,20-26H,5-6H2/t9-,10-,11+,12+,13-,14-,15-,16-,17?,18+/m1/s1. The van der Waals surface area contributed by atoms with E-state index in [4.69, 9.17) is 18.9 Å². The van der Waals surface area contributed by atoms with Gasteiger partial charge in [0.05, 0.1) is 18.1 Å². The van der Waals surface area contributed by atoms with E-state index in [0.29, 0.717) is 0 Å². The Balaban J connectivity index is 1.75. The zero-order chi connectivity index (χ0) is 23.6. The van der Waals surface area contributed by atoms with Crippen LogP contribution in [-0.2, 0) is 14.2 Å². The van der Waals surface area contributed by atoms with Crippen LogP contribution in [-0.4, -0.2) is 115 Å². The van der Waals surface area contributed by atoms with Crippen molar-refractivity contribution in [3.8, 4) is 5.75 Å². The molecule has 2 aliphatic rings. The van der Waals surface area contributed by atoms with Gasteiger partial charge in [0.25, 0.3) is 0 Å². The molecule has 0 aliphatic carbocycles. The van der Waals surface area contributed by atoms with E-state index in [-0.39, 0.29) is 5.75 Å². The summed E-state index contributed by atoms with van der Waals surface area (Å²) in [5.41, 5.74) is -0.418. The summed E-state index contributed by atoms with van der Waals surface area (Å²) in [6.45, 7) is -1.48. The summed E-state index contributed by atoms with van der Waals surface area (Å²) < 4.78 is 21.4. The average molecular weight is 463 g/mol. The highest BCUT2D eigenvalue weighted by atomic mass is 16.7. The minimum Gasteiger partial charge on any atom is -0.455 e. The molecule has 2 heterocycles. The smallest absolute Gasteiger partial charge is 0.311 e. The van der Waals surface area contributed by atoms with E-state index >= 15 is 0 Å². The second kappa shape index (κ2) is 10.3. The number of nitrogens with zero attached hydrogens (tertiary/aromatic N) is 1. The highest BCUT2D eigenvalue weighted by Gasteiger charge is 2.51. The van der Waals surface area contributed by atoms with Gasteiger partial charge in [0.15, 0.2) is 12.0 Å². The van der Waals surface area contributed by atoms with Gasteiger partial charge in [0.2, 0.25) is 6.29 Å². The van der Waals surface area contributed by atoms with E-state index in [9.17, 15) is 45.9 Å². The van der Waals surface area contributed by atoms with Crippen molar-refractivity contribution in [2.45, 2.75) is 61.4 Å². The van der Waals surface area contributed by atoms with Crippen molar-refractivity contribution in [2.75, 3.05) is 13.2 Å². The van der Waals surface area contributed by atoms with Gasteiger partial charge in [-0.1, -0.05) is 12.1 Å². The van der Waals surface area contributed by atoms with Crippen LogP contribution in [0, 0.1) is 10.1 Å². The summed E-state index contributed by atoms with van der Waals surface area (Å²) >= 11 is 0. The molecule has 0 amide bonds. The van der Waals surface area contributed by atoms with Crippen molar-refractivity contribution in [2.24, 2.45) is 0 Å². The first-order valence-corrected chi connectivity index (χ1v) is 9.68. The highest BCUT2D eigenvalue weighted by molar-refractivity contribution is 5.45. The van der Waals surface area contributed by atoms with E-state index in [2.05, 4.69) is 0 Å². The maximum absolute atomic E-state index is 11.2. The number of rotatable bonds is 7. The fourth-order valence-corrected chi connectivity index (χ4v) is 3.49. The molecule has 1 aromatic carbocycles. The van der Waals surface area contributed by atoms with Crippen LogP contribution >= 0.6 is 0 Å². The molecular weight excluding hydrogens is 438 g/mol. The lowest BCUT2D eigenvalue weighted by molar-refractivity contribution is -0.387. The van der Waals surface area contributed by atoms with E-state index in [1.165, 1.54) is 18.2 Å². The van der Waals surface area contributed by atoms with Crippen molar-refractivity contribution in [3.63, 3.8) is 0 Å². The maximum atomic E-state index is 11.2. The minimum absolute atomic E-state index is 0.251. The number of ether oxygens (including phenoxy) is 4. The lowest BCUT2D eigenvalue weighted by Gasteiger charge is -2.45. The van der Waals surface area contributed by atoms with Crippen LogP contribution in [0.5, 0.6) is 5.75 Å². The van der Waals surface area contributed by atoms with Crippen LogP contribution in [0.4, 0.5) is 5.69 Å². The number of aliphatic hydroxyl groups is 7. The molecular formula is C18H25NO13. The molecule has 0 spiro atoms. The second-order valence-electron chi connectivity index (χ2n) is 7.35. The number of benzene rings is 1. The SMILES string of the molecule is O=[N+]([O-])c1ccccc1OC1O[C@H](CO)[C@@H](O[C@@H]2O[C@H](CO)[C@H](O)[C@H](O)[C@H]2O)[C@H](O)[C@H]1O. The van der Waals surface area contributed by atoms with Gasteiger partial charge >= 0.3 is 5.69 Å². The molecule has 1 aromatic rings. The molecule has 14 heteroatoms. The third-order valence-electron chi connectivity index (χ3n) is 5.27. The van der Waals surface area contributed by atoms with Gasteiger partial charge in [0, 0.05) is 6.07 Å². The fraction of sp³-hybridized carbons (Fsp3) is 0.667. The zero-order valence-corrected chi connectivity index (χ0v) is 16.5. The van der Waals surface area contributed by atoms with Gasteiger partial charge in [-0.25, -0.2) is 0 Å². The van der Waals surface area contributed by atoms with Crippen LogP contribution in [0.3, 0.4) is 0 Å². The topological polar surface area (TPSA) is 222 Å². The van der Waals surface area contributed by atoms with Crippen molar-refractivity contribution >= 4 is 5.69 Å². The van der Waals surface area contributed by atoms with Crippen LogP contribution < -0.4 is 4.74 Å². The Kier molecular flexibility index (Phi) is 7.94. The molecule has 14 nitrogen and oxygen atoms in total. The molecule has 10 atom stereocenters. The first-order chi connectivity index (χ1) is 15.2. The summed E-state index contributed by atoms with van der Waals surface area (Å²) in [6, 6.07) is 5.27. The third-order valence-corrected chi connectivity index (χ3v) is 5.27. The molecule has 32 heavy (non-hydrogen) atoms. The lowest BCUT2D eigenvalue weighted by atomic mass is 9.97. The molecule has 1 unspecified atom stereocenters. The molecule has 0 saturated carbocycles. The predicted octanol–water partition coefficient (Wildman–Crippen LogP) is -3.40. The highest BCUT2D eigenvalue weighted by Crippen LogP contribution is 2.33. The van der Waals surface area contributed by atoms with E-state index in [1.807, 2.05) is 0 Å². The Hall–Kier alpha value is -1.98. The first kappa shape index (κ1) is 24.7. The lowest BCUT2D eigenvalue weighted by Crippen LogP contribution is -2.65. The Morgan fingerprint density at radius 1 is 0.844 bits per heavy atom. The van der Waals surface area contributed by atoms with Gasteiger partial charge in [-0.3, -0.25) is 10.1 Å². The Morgan fingerprint density at radius 2 is 1.44 bits per heavy atom. The number of aliphatic hydroxyl groups excluding tert-OH is 7. The van der Waals surface area contributed by atoms with Gasteiger partial charge in [0.1, 0.15) is 48.8 Å². The predicted molar refractivity (Wildman–Crippen MR) is 100 cm³/mol. The van der Waals surface area contributed by atoms with Crippen molar-refractivity contribution in [1.82, 2.24) is 0 Å². The van der Waals surface area contributed by atoms with E-state index in [0.717, 1.165) is 6.07 Å². The number of nitro benzene ring substituents is 1. The molecule has 180 valence electrons. The summed E-state index contributed by atoms with van der Waals surface area (Å²) in [7, 11) is 0. The van der Waals surface area contributed by atoms with Crippen molar-refractivity contribution < 1.29 is 59.6 Å². The van der Waals surface area contributed by atoms with Crippen molar-refractivity contribution in [1.29, 1.82) is 0 Å². The molecule has 2 fully saturated rings. The quantitative estimate of drug-likeness (QED) is 0.155. The average Bonchev–Trinajstić information content (AvgIpc) is 2.78. The summed E-state index contributed by atoms with van der Waals surface area (Å²) in [4.78, 5) is 10.4. The van der Waals surface area contributed by atoms with Gasteiger partial charge in [-0.2, -0.15) is 0 Å². The molecule has 2 saturated heterocycles. The van der Waals surface area contributed by atoms with Crippen LogP contribution in [0.1, 0.15) is 0 Å². The fourth-order valence-electron chi connectivity index (χ4n) is 3.49. The summed E-state index contributed by atoms with van der Waals surface area (Å²) in [6.07, 6.45) is -16.2. The maximum Gasteiger partial charge on any atom is 0.311 e. The van der Waals surface area contributed by atoms with Gasteiger partial charge in [-0.05, 0) is 6.07 Å². The molecule has 0 aromatic heterocycles. The van der Waals surface area contributed by atoms with Gasteiger partial charge < -0.3 is 54.7 Å². The zero-order valence-electron chi connectivity index (χ0n) is 16.5. The van der Waals surface area contributed by atoms with E-state index in [1.54, 1.807) is 0 Å². The van der Waals surface area contributed by atoms with Crippen LogP contribution in [0.25, 0.3) is 0 Å². The number of para-hydroxylation sites is 2. The molecule has 7 N–H and O–H groups in total. The molecule has 3 rings (SSSR count). The second-order valence-corrected chi connectivity index (χ2v) is 7.35. The van der Waals surface area contributed by atoms with E-state index < -0.39 is 85.2 Å². The normalized spacial score (nSPS) is 40.1. The Labute approximate surface area is 180 Å². The Morgan fingerprint density at radius 3 is 2.06 bits per heavy atom. The van der Waals surface area contributed by atoms with Crippen LogP contribution in [0.2, 0.25) is 0 Å². The number of hydrogen-bond donors (Lipinski definition) is 7.